The van der Waals surface area contributed by atoms with Crippen molar-refractivity contribution in [2.45, 2.75) is 6.04 Å². The molecule has 1 aromatic rings. The molecular weight excluding hydrogens is 265 g/mol. The molecule has 82 valence electrons. The van der Waals surface area contributed by atoms with Crippen molar-refractivity contribution < 1.29 is 14.2 Å². The first kappa shape index (κ1) is 10.9. The molecule has 0 saturated carbocycles. The third kappa shape index (κ3) is 2.30. The van der Waals surface area contributed by atoms with Crippen LogP contribution in [0.2, 0.25) is 0 Å². The van der Waals surface area contributed by atoms with E-state index in [1.54, 1.807) is 6.07 Å². The topological polar surface area (TPSA) is 41.5 Å². The summed E-state index contributed by atoms with van der Waals surface area (Å²) in [5.41, 5.74) is 0.656. The zero-order valence-corrected chi connectivity index (χ0v) is 9.55. The van der Waals surface area contributed by atoms with Gasteiger partial charge in [-0.3, -0.25) is 0 Å². The summed E-state index contributed by atoms with van der Waals surface area (Å²) in [7, 11) is 0. The Morgan fingerprint density at radius 2 is 2.33 bits per heavy atom. The fraction of sp³-hybridized carbons (Fsp3) is 0.400. The zero-order chi connectivity index (χ0) is 10.8. The van der Waals surface area contributed by atoms with E-state index in [2.05, 4.69) is 21.2 Å². The predicted octanol–water partition coefficient (Wildman–Crippen LogP) is 1.95. The van der Waals surface area contributed by atoms with Gasteiger partial charge in [-0.15, -0.1) is 0 Å². The van der Waals surface area contributed by atoms with E-state index >= 15 is 0 Å². The summed E-state index contributed by atoms with van der Waals surface area (Å²) >= 11 is 3.09. The molecule has 0 aromatic heterocycles. The number of nitrogens with one attached hydrogen (secondary N) is 1. The van der Waals surface area contributed by atoms with Crippen LogP contribution < -0.4 is 5.32 Å². The number of phenols is 1. The average Bonchev–Trinajstić information content (AvgIpc) is 2.25. The number of rotatable bonds is 1. The van der Waals surface area contributed by atoms with E-state index in [0.717, 1.165) is 12.6 Å². The molecule has 0 amide bonds. The summed E-state index contributed by atoms with van der Waals surface area (Å²) in [6.45, 7) is 1.89. The summed E-state index contributed by atoms with van der Waals surface area (Å²) in [6.07, 6.45) is 0. The highest BCUT2D eigenvalue weighted by Gasteiger charge is 2.19. The van der Waals surface area contributed by atoms with Crippen molar-refractivity contribution in [3.63, 3.8) is 0 Å². The van der Waals surface area contributed by atoms with E-state index in [0.29, 0.717) is 23.2 Å². The maximum atomic E-state index is 13.1. The number of morpholine rings is 1. The largest absolute Gasteiger partial charge is 0.507 e. The first-order valence-electron chi connectivity index (χ1n) is 4.67. The molecule has 1 aliphatic heterocycles. The molecule has 1 saturated heterocycles. The number of phenolic OH excluding ortho intramolecular Hbond substituents is 1. The van der Waals surface area contributed by atoms with Gasteiger partial charge in [0, 0.05) is 18.2 Å². The fourth-order valence-electron chi connectivity index (χ4n) is 1.60. The lowest BCUT2D eigenvalue weighted by Crippen LogP contribution is -2.34. The zero-order valence-electron chi connectivity index (χ0n) is 7.96. The Bertz CT molecular complexity index is 367. The van der Waals surface area contributed by atoms with Gasteiger partial charge in [-0.2, -0.15) is 0 Å². The van der Waals surface area contributed by atoms with Crippen LogP contribution in [0, 0.1) is 5.82 Å². The molecule has 0 bridgehead atoms. The van der Waals surface area contributed by atoms with Gasteiger partial charge in [0.05, 0.1) is 23.7 Å². The second-order valence-electron chi connectivity index (χ2n) is 3.41. The van der Waals surface area contributed by atoms with E-state index in [1.165, 1.54) is 0 Å². The van der Waals surface area contributed by atoms with Crippen LogP contribution >= 0.6 is 15.9 Å². The second kappa shape index (κ2) is 4.47. The first-order chi connectivity index (χ1) is 7.18. The second-order valence-corrected chi connectivity index (χ2v) is 4.26. The van der Waals surface area contributed by atoms with Gasteiger partial charge in [-0.05, 0) is 22.0 Å². The molecule has 0 spiro atoms. The molecule has 1 atom stereocenters. The lowest BCUT2D eigenvalue weighted by Gasteiger charge is -2.24. The van der Waals surface area contributed by atoms with Gasteiger partial charge in [0.2, 0.25) is 0 Å². The van der Waals surface area contributed by atoms with Crippen molar-refractivity contribution in [2.24, 2.45) is 0 Å². The summed E-state index contributed by atoms with van der Waals surface area (Å²) in [5, 5.41) is 12.8. The van der Waals surface area contributed by atoms with Gasteiger partial charge in [0.25, 0.3) is 0 Å². The van der Waals surface area contributed by atoms with Crippen LogP contribution in [0.1, 0.15) is 11.6 Å². The van der Waals surface area contributed by atoms with Gasteiger partial charge >= 0.3 is 0 Å². The molecule has 0 aliphatic carbocycles. The third-order valence-electron chi connectivity index (χ3n) is 2.37. The Morgan fingerprint density at radius 3 is 3.00 bits per heavy atom. The highest BCUT2D eigenvalue weighted by molar-refractivity contribution is 9.10. The molecule has 2 rings (SSSR count). The lowest BCUT2D eigenvalue weighted by molar-refractivity contribution is 0.0760. The lowest BCUT2D eigenvalue weighted by atomic mass is 10.1. The summed E-state index contributed by atoms with van der Waals surface area (Å²) in [5.74, 6) is -0.508. The van der Waals surface area contributed by atoms with Crippen molar-refractivity contribution in [1.82, 2.24) is 5.32 Å². The van der Waals surface area contributed by atoms with Gasteiger partial charge in [0.1, 0.15) is 11.6 Å². The molecule has 1 unspecified atom stereocenters. The van der Waals surface area contributed by atoms with Crippen LogP contribution in [0.3, 0.4) is 0 Å². The molecule has 1 aliphatic rings. The maximum absolute atomic E-state index is 13.1. The summed E-state index contributed by atoms with van der Waals surface area (Å²) in [6, 6.07) is 2.61. The monoisotopic (exact) mass is 275 g/mol. The molecule has 2 N–H and O–H groups in total. The molecule has 15 heavy (non-hydrogen) atoms. The number of halogens is 2. The van der Waals surface area contributed by atoms with Gasteiger partial charge < -0.3 is 15.2 Å². The highest BCUT2D eigenvalue weighted by atomic mass is 79.9. The molecule has 1 heterocycles. The number of hydrogen-bond donors (Lipinski definition) is 2. The third-order valence-corrected chi connectivity index (χ3v) is 2.97. The van der Waals surface area contributed by atoms with E-state index < -0.39 is 5.82 Å². The van der Waals surface area contributed by atoms with Crippen LogP contribution in [0.25, 0.3) is 0 Å². The SMILES string of the molecule is Oc1cc(F)c(Br)cc1C1COCCN1. The molecular formula is C10H11BrFNO2. The normalized spacial score (nSPS) is 21.6. The molecule has 1 aromatic carbocycles. The van der Waals surface area contributed by atoms with Crippen LogP contribution in [-0.4, -0.2) is 24.9 Å². The Balaban J connectivity index is 2.30. The quantitative estimate of drug-likeness (QED) is 0.823. The number of benzene rings is 1. The van der Waals surface area contributed by atoms with Crippen LogP contribution in [0.15, 0.2) is 16.6 Å². The smallest absolute Gasteiger partial charge is 0.141 e. The van der Waals surface area contributed by atoms with Gasteiger partial charge in [-0.1, -0.05) is 0 Å². The molecule has 0 radical (unpaired) electrons. The average molecular weight is 276 g/mol. The predicted molar refractivity (Wildman–Crippen MR) is 57.3 cm³/mol. The van der Waals surface area contributed by atoms with Crippen molar-refractivity contribution in [1.29, 1.82) is 0 Å². The van der Waals surface area contributed by atoms with Crippen LogP contribution in [0.4, 0.5) is 4.39 Å². The number of ether oxygens (including phenoxy) is 1. The van der Waals surface area contributed by atoms with Gasteiger partial charge in [-0.25, -0.2) is 4.39 Å². The molecule has 1 fully saturated rings. The number of aromatic hydroxyl groups is 1. The van der Waals surface area contributed by atoms with E-state index in [-0.39, 0.29) is 11.8 Å². The van der Waals surface area contributed by atoms with Crippen molar-refractivity contribution in [2.75, 3.05) is 19.8 Å². The summed E-state index contributed by atoms with van der Waals surface area (Å²) in [4.78, 5) is 0. The van der Waals surface area contributed by atoms with E-state index in [1.807, 2.05) is 0 Å². The Morgan fingerprint density at radius 1 is 1.53 bits per heavy atom. The van der Waals surface area contributed by atoms with Gasteiger partial charge in [0.15, 0.2) is 0 Å². The maximum Gasteiger partial charge on any atom is 0.141 e. The standard InChI is InChI=1S/C10H11BrFNO2/c11-7-3-6(10(14)4-8(7)12)9-5-15-2-1-13-9/h3-4,9,13-14H,1-2,5H2. The highest BCUT2D eigenvalue weighted by Crippen LogP contribution is 2.30. The minimum Gasteiger partial charge on any atom is -0.507 e. The fourth-order valence-corrected chi connectivity index (χ4v) is 1.96. The first-order valence-corrected chi connectivity index (χ1v) is 5.47. The molecule has 5 heteroatoms. The van der Waals surface area contributed by atoms with Crippen molar-refractivity contribution in [3.05, 3.63) is 28.0 Å². The van der Waals surface area contributed by atoms with Crippen molar-refractivity contribution >= 4 is 15.9 Å². The minimum absolute atomic E-state index is 0.0429. The van der Waals surface area contributed by atoms with Crippen molar-refractivity contribution in [3.8, 4) is 5.75 Å². The minimum atomic E-state index is -0.465. The van der Waals surface area contributed by atoms with Crippen LogP contribution in [0.5, 0.6) is 5.75 Å². The Labute approximate surface area is 95.4 Å². The van der Waals surface area contributed by atoms with E-state index in [9.17, 15) is 9.50 Å². The summed E-state index contributed by atoms with van der Waals surface area (Å²) < 4.78 is 18.7. The Hall–Kier alpha value is -0.650. The Kier molecular flexibility index (Phi) is 3.23. The molecule has 3 nitrogen and oxygen atoms in total. The van der Waals surface area contributed by atoms with E-state index in [4.69, 9.17) is 4.74 Å². The van der Waals surface area contributed by atoms with Crippen LogP contribution in [-0.2, 0) is 4.74 Å². The number of hydrogen-bond acceptors (Lipinski definition) is 3.